The van der Waals surface area contributed by atoms with Gasteiger partial charge >= 0.3 is 0 Å². The van der Waals surface area contributed by atoms with Crippen LogP contribution in [0.3, 0.4) is 0 Å². The van der Waals surface area contributed by atoms with Gasteiger partial charge in [0.1, 0.15) is 0 Å². The maximum absolute atomic E-state index is 11.7. The van der Waals surface area contributed by atoms with Gasteiger partial charge in [0.05, 0.1) is 13.2 Å². The fraction of sp³-hybridized carbons (Fsp3) is 0.769. The minimum absolute atomic E-state index is 0.0471. The Hall–Kier alpha value is -0.670. The van der Waals surface area contributed by atoms with E-state index in [4.69, 9.17) is 9.47 Å². The van der Waals surface area contributed by atoms with Crippen LogP contribution in [0.15, 0.2) is 12.2 Å². The van der Waals surface area contributed by atoms with Crippen LogP contribution in [0.2, 0.25) is 0 Å². The summed E-state index contributed by atoms with van der Waals surface area (Å²) in [5.74, 6) is 0.0609. The van der Waals surface area contributed by atoms with Crippen molar-refractivity contribution in [1.82, 2.24) is 0 Å². The second-order valence-corrected chi connectivity index (χ2v) is 5.41. The van der Waals surface area contributed by atoms with Crippen molar-refractivity contribution in [2.24, 2.45) is 11.3 Å². The number of allylic oxidation sites excluding steroid dienone is 1. The summed E-state index contributed by atoms with van der Waals surface area (Å²) in [6.45, 7) is 7.55. The van der Waals surface area contributed by atoms with Crippen LogP contribution in [0.4, 0.5) is 0 Å². The molecule has 2 aliphatic carbocycles. The van der Waals surface area contributed by atoms with Crippen molar-refractivity contribution >= 4 is 5.78 Å². The quantitative estimate of drug-likeness (QED) is 0.588. The number of hydrogen-bond acceptors (Lipinski definition) is 3. The summed E-state index contributed by atoms with van der Waals surface area (Å²) in [6, 6.07) is 0. The van der Waals surface area contributed by atoms with Gasteiger partial charge in [-0.05, 0) is 24.3 Å². The molecule has 88 valence electrons. The number of carbonyl (C=O) groups excluding carboxylic acids is 1. The molecule has 0 aromatic heterocycles. The molecule has 3 heteroatoms. The molecule has 1 aliphatic heterocycles. The standard InChI is InChI=1S/C13H18O3/c1-9-10-3-6-13(15-7-8-16-13)12(10,2)5-4-11(9)14/h10H,1,3-8H2,2H3/t10-,12-/m1/s1. The van der Waals surface area contributed by atoms with Gasteiger partial charge in [0.2, 0.25) is 0 Å². The minimum atomic E-state index is -0.429. The molecule has 0 amide bonds. The van der Waals surface area contributed by atoms with Gasteiger partial charge in [0, 0.05) is 18.3 Å². The SMILES string of the molecule is C=C1C(=O)CC[C@]2(C)[C@@H]1CCC21OCCO1. The molecular weight excluding hydrogens is 204 g/mol. The summed E-state index contributed by atoms with van der Waals surface area (Å²) in [7, 11) is 0. The highest BCUT2D eigenvalue weighted by Crippen LogP contribution is 2.61. The Bertz CT molecular complexity index is 354. The van der Waals surface area contributed by atoms with Gasteiger partial charge in [-0.1, -0.05) is 13.5 Å². The van der Waals surface area contributed by atoms with E-state index in [9.17, 15) is 4.79 Å². The van der Waals surface area contributed by atoms with Crippen LogP contribution in [0.25, 0.3) is 0 Å². The molecule has 3 aliphatic rings. The molecule has 0 N–H and O–H groups in total. The fourth-order valence-electron chi connectivity index (χ4n) is 3.78. The second kappa shape index (κ2) is 3.17. The van der Waals surface area contributed by atoms with Gasteiger partial charge < -0.3 is 9.47 Å². The number of rotatable bonds is 0. The van der Waals surface area contributed by atoms with Crippen LogP contribution in [0.5, 0.6) is 0 Å². The highest BCUT2D eigenvalue weighted by atomic mass is 16.7. The average molecular weight is 222 g/mol. The molecule has 3 nitrogen and oxygen atoms in total. The van der Waals surface area contributed by atoms with E-state index in [0.29, 0.717) is 19.6 Å². The Morgan fingerprint density at radius 3 is 2.69 bits per heavy atom. The van der Waals surface area contributed by atoms with Gasteiger partial charge in [0.15, 0.2) is 11.6 Å². The van der Waals surface area contributed by atoms with Crippen LogP contribution in [-0.4, -0.2) is 24.8 Å². The molecule has 0 bridgehead atoms. The van der Waals surface area contributed by atoms with E-state index in [1.54, 1.807) is 0 Å². The first-order valence-electron chi connectivity index (χ1n) is 6.09. The van der Waals surface area contributed by atoms with E-state index in [1.165, 1.54) is 0 Å². The first-order chi connectivity index (χ1) is 7.59. The van der Waals surface area contributed by atoms with E-state index < -0.39 is 5.79 Å². The zero-order chi connectivity index (χ0) is 11.4. The zero-order valence-corrected chi connectivity index (χ0v) is 9.75. The predicted molar refractivity (Wildman–Crippen MR) is 58.8 cm³/mol. The summed E-state index contributed by atoms with van der Waals surface area (Å²) < 4.78 is 11.8. The molecule has 1 saturated heterocycles. The second-order valence-electron chi connectivity index (χ2n) is 5.41. The largest absolute Gasteiger partial charge is 0.347 e. The van der Waals surface area contributed by atoms with E-state index in [2.05, 4.69) is 13.5 Å². The smallest absolute Gasteiger partial charge is 0.174 e. The number of ether oxygens (including phenoxy) is 2. The van der Waals surface area contributed by atoms with Crippen LogP contribution in [-0.2, 0) is 14.3 Å². The molecule has 1 spiro atoms. The number of fused-ring (bicyclic) bond motifs is 2. The molecule has 3 fully saturated rings. The average Bonchev–Trinajstić information content (AvgIpc) is 2.84. The molecule has 0 radical (unpaired) electrons. The third-order valence-electron chi connectivity index (χ3n) is 4.81. The van der Waals surface area contributed by atoms with E-state index in [0.717, 1.165) is 24.8 Å². The number of Topliss-reactive ketones (excluding diaryl/α,β-unsaturated/α-hetero) is 1. The molecular formula is C13H18O3. The van der Waals surface area contributed by atoms with E-state index >= 15 is 0 Å². The Morgan fingerprint density at radius 2 is 2.00 bits per heavy atom. The normalized spacial score (nSPS) is 41.7. The van der Waals surface area contributed by atoms with Crippen molar-refractivity contribution in [3.63, 3.8) is 0 Å². The number of carbonyl (C=O) groups is 1. The van der Waals surface area contributed by atoms with Gasteiger partial charge in [0.25, 0.3) is 0 Å². The topological polar surface area (TPSA) is 35.5 Å². The summed E-state index contributed by atoms with van der Waals surface area (Å²) in [6.07, 6.45) is 3.34. The molecule has 0 aromatic rings. The van der Waals surface area contributed by atoms with Gasteiger partial charge in [-0.25, -0.2) is 0 Å². The maximum Gasteiger partial charge on any atom is 0.174 e. The molecule has 2 atom stereocenters. The van der Waals surface area contributed by atoms with Crippen molar-refractivity contribution in [2.45, 2.75) is 38.4 Å². The lowest BCUT2D eigenvalue weighted by Crippen LogP contribution is -2.49. The highest BCUT2D eigenvalue weighted by Gasteiger charge is 2.63. The van der Waals surface area contributed by atoms with Gasteiger partial charge in [-0.3, -0.25) is 4.79 Å². The third-order valence-corrected chi connectivity index (χ3v) is 4.81. The highest BCUT2D eigenvalue weighted by molar-refractivity contribution is 5.96. The van der Waals surface area contributed by atoms with Gasteiger partial charge in [-0.2, -0.15) is 0 Å². The van der Waals surface area contributed by atoms with Crippen LogP contribution in [0.1, 0.15) is 32.6 Å². The first-order valence-corrected chi connectivity index (χ1v) is 6.09. The molecule has 0 unspecified atom stereocenters. The molecule has 0 aromatic carbocycles. The lowest BCUT2D eigenvalue weighted by Gasteiger charge is -2.45. The summed E-state index contributed by atoms with van der Waals surface area (Å²) in [5, 5.41) is 0. The van der Waals surface area contributed by atoms with Crippen LogP contribution < -0.4 is 0 Å². The Morgan fingerprint density at radius 1 is 1.31 bits per heavy atom. The monoisotopic (exact) mass is 222 g/mol. The molecule has 3 rings (SSSR count). The third kappa shape index (κ3) is 1.08. The number of ketones is 1. The lowest BCUT2D eigenvalue weighted by molar-refractivity contribution is -0.226. The van der Waals surface area contributed by atoms with E-state index in [-0.39, 0.29) is 17.1 Å². The Labute approximate surface area is 95.8 Å². The fourth-order valence-corrected chi connectivity index (χ4v) is 3.78. The van der Waals surface area contributed by atoms with Crippen molar-refractivity contribution < 1.29 is 14.3 Å². The van der Waals surface area contributed by atoms with Crippen molar-refractivity contribution in [3.8, 4) is 0 Å². The Balaban J connectivity index is 1.99. The molecule has 1 heterocycles. The maximum atomic E-state index is 11.7. The van der Waals surface area contributed by atoms with Crippen LogP contribution in [0, 0.1) is 11.3 Å². The first kappa shape index (κ1) is 10.5. The molecule has 2 saturated carbocycles. The zero-order valence-electron chi connectivity index (χ0n) is 9.75. The van der Waals surface area contributed by atoms with Gasteiger partial charge in [-0.15, -0.1) is 0 Å². The predicted octanol–water partition coefficient (Wildman–Crippen LogP) is 2.06. The summed E-state index contributed by atoms with van der Waals surface area (Å²) >= 11 is 0. The molecule has 16 heavy (non-hydrogen) atoms. The lowest BCUT2D eigenvalue weighted by atomic mass is 9.65. The Kier molecular flexibility index (Phi) is 2.08. The minimum Gasteiger partial charge on any atom is -0.347 e. The summed E-state index contributed by atoms with van der Waals surface area (Å²) in [5.41, 5.74) is 0.749. The van der Waals surface area contributed by atoms with E-state index in [1.807, 2.05) is 0 Å². The number of hydrogen-bond donors (Lipinski definition) is 0. The summed E-state index contributed by atoms with van der Waals surface area (Å²) in [4.78, 5) is 11.7. The van der Waals surface area contributed by atoms with Crippen molar-refractivity contribution in [3.05, 3.63) is 12.2 Å². The van der Waals surface area contributed by atoms with Crippen LogP contribution >= 0.6 is 0 Å². The van der Waals surface area contributed by atoms with Crippen molar-refractivity contribution in [1.29, 1.82) is 0 Å². The van der Waals surface area contributed by atoms with Crippen molar-refractivity contribution in [2.75, 3.05) is 13.2 Å².